The molecule has 1 aliphatic heterocycles. The van der Waals surface area contributed by atoms with Crippen LogP contribution in [-0.4, -0.2) is 81.6 Å². The molecule has 2 N–H and O–H groups in total. The molecule has 1 saturated heterocycles. The number of carboxylic acids is 1. The first-order chi connectivity index (χ1) is 18.2. The summed E-state index contributed by atoms with van der Waals surface area (Å²) in [7, 11) is 1.57. The Hall–Kier alpha value is -4.07. The van der Waals surface area contributed by atoms with Crippen molar-refractivity contribution in [3.63, 3.8) is 0 Å². The molecular weight excluding hydrogens is 510 g/mol. The molecule has 1 unspecified atom stereocenters. The van der Waals surface area contributed by atoms with Crippen LogP contribution in [0.2, 0.25) is 5.02 Å². The normalized spacial score (nSPS) is 14.5. The first-order valence-corrected chi connectivity index (χ1v) is 12.4. The molecule has 38 heavy (non-hydrogen) atoms. The van der Waals surface area contributed by atoms with Gasteiger partial charge in [0.2, 0.25) is 11.8 Å². The Morgan fingerprint density at radius 2 is 1.87 bits per heavy atom. The quantitative estimate of drug-likeness (QED) is 0.448. The number of hydrazine groups is 1. The number of terminal acetylenes is 1. The zero-order valence-corrected chi connectivity index (χ0v) is 21.8. The van der Waals surface area contributed by atoms with E-state index in [-0.39, 0.29) is 45.7 Å². The Morgan fingerprint density at radius 3 is 2.53 bits per heavy atom. The molecule has 1 aliphatic rings. The third-order valence-electron chi connectivity index (χ3n) is 6.04. The zero-order chi connectivity index (χ0) is 27.7. The van der Waals surface area contributed by atoms with E-state index >= 15 is 0 Å². The molecule has 10 nitrogen and oxygen atoms in total. The van der Waals surface area contributed by atoms with E-state index in [9.17, 15) is 24.3 Å². The van der Waals surface area contributed by atoms with Crippen molar-refractivity contribution < 1.29 is 24.3 Å². The summed E-state index contributed by atoms with van der Waals surface area (Å²) in [5.74, 6) is 0.456. The van der Waals surface area contributed by atoms with E-state index in [1.165, 1.54) is 19.8 Å². The molecule has 2 aromatic carbocycles. The highest BCUT2D eigenvalue weighted by Crippen LogP contribution is 2.20. The van der Waals surface area contributed by atoms with Gasteiger partial charge in [-0.15, -0.1) is 6.42 Å². The number of halogens is 1. The Labute approximate surface area is 226 Å². The first kappa shape index (κ1) is 28.5. The largest absolute Gasteiger partial charge is 0.481 e. The molecule has 0 spiro atoms. The molecule has 11 heteroatoms. The van der Waals surface area contributed by atoms with Crippen molar-refractivity contribution in [3.05, 3.63) is 70.7 Å². The molecule has 0 radical (unpaired) electrons. The lowest BCUT2D eigenvalue weighted by atomic mass is 10.1. The van der Waals surface area contributed by atoms with Crippen LogP contribution in [0.5, 0.6) is 0 Å². The number of carbonyl (C=O) groups is 4. The molecular formula is C27H30ClN5O5. The van der Waals surface area contributed by atoms with Crippen LogP contribution in [0.25, 0.3) is 0 Å². The lowest BCUT2D eigenvalue weighted by molar-refractivity contribution is -0.163. The lowest BCUT2D eigenvalue weighted by Crippen LogP contribution is -2.66. The number of nitrogens with zero attached hydrogens (tertiary/aromatic N) is 4. The monoisotopic (exact) mass is 539 g/mol. The van der Waals surface area contributed by atoms with Gasteiger partial charge in [0.25, 0.3) is 0 Å². The fourth-order valence-corrected chi connectivity index (χ4v) is 4.35. The van der Waals surface area contributed by atoms with Gasteiger partial charge >= 0.3 is 12.0 Å². The van der Waals surface area contributed by atoms with Crippen LogP contribution >= 0.6 is 11.6 Å². The first-order valence-electron chi connectivity index (χ1n) is 12.0. The third kappa shape index (κ3) is 7.71. The number of hydrogen-bond donors (Lipinski definition) is 2. The fourth-order valence-electron chi connectivity index (χ4n) is 4.14. The summed E-state index contributed by atoms with van der Waals surface area (Å²) in [6.07, 6.45) is 5.02. The summed E-state index contributed by atoms with van der Waals surface area (Å²) >= 11 is 6.06. The van der Waals surface area contributed by atoms with Crippen molar-refractivity contribution in [1.29, 1.82) is 0 Å². The van der Waals surface area contributed by atoms with Crippen LogP contribution in [0.3, 0.4) is 0 Å². The highest BCUT2D eigenvalue weighted by Gasteiger charge is 2.40. The van der Waals surface area contributed by atoms with Crippen LogP contribution in [0.1, 0.15) is 24.0 Å². The van der Waals surface area contributed by atoms with Gasteiger partial charge in [-0.05, 0) is 29.7 Å². The van der Waals surface area contributed by atoms with E-state index in [0.29, 0.717) is 5.02 Å². The number of urea groups is 1. The lowest BCUT2D eigenvalue weighted by Gasteiger charge is -2.45. The second kappa shape index (κ2) is 13.5. The zero-order valence-electron chi connectivity index (χ0n) is 21.0. The molecule has 3 rings (SSSR count). The Bertz CT molecular complexity index is 1200. The number of likely N-dealkylation sites (N-methyl/N-ethyl adjacent to an activating group) is 1. The van der Waals surface area contributed by atoms with Crippen LogP contribution in [-0.2, 0) is 27.5 Å². The topological polar surface area (TPSA) is 114 Å². The van der Waals surface area contributed by atoms with E-state index in [0.717, 1.165) is 11.1 Å². The van der Waals surface area contributed by atoms with Crippen LogP contribution in [0.4, 0.5) is 4.79 Å². The van der Waals surface area contributed by atoms with E-state index in [1.54, 1.807) is 25.2 Å². The highest BCUT2D eigenvalue weighted by molar-refractivity contribution is 6.30. The highest BCUT2D eigenvalue weighted by atomic mass is 35.5. The molecule has 1 atom stereocenters. The maximum absolute atomic E-state index is 13.5. The number of hydrogen-bond acceptors (Lipinski definition) is 5. The minimum absolute atomic E-state index is 0.000739. The predicted octanol–water partition coefficient (Wildman–Crippen LogP) is 2.39. The number of benzene rings is 2. The van der Waals surface area contributed by atoms with Crippen molar-refractivity contribution >= 4 is 35.4 Å². The van der Waals surface area contributed by atoms with Gasteiger partial charge in [-0.25, -0.2) is 9.80 Å². The van der Waals surface area contributed by atoms with Crippen molar-refractivity contribution in [1.82, 2.24) is 25.1 Å². The molecule has 0 saturated carbocycles. The van der Waals surface area contributed by atoms with E-state index in [2.05, 4.69) is 11.2 Å². The molecule has 0 bridgehead atoms. The number of carboxylic acid groups (broad SMARTS) is 1. The molecule has 0 aromatic heterocycles. The average molecular weight is 540 g/mol. The summed E-state index contributed by atoms with van der Waals surface area (Å²) < 4.78 is 0. The van der Waals surface area contributed by atoms with Crippen molar-refractivity contribution in [2.24, 2.45) is 0 Å². The van der Waals surface area contributed by atoms with Crippen LogP contribution in [0.15, 0.2) is 54.6 Å². The smallest absolute Gasteiger partial charge is 0.333 e. The molecule has 4 amide bonds. The molecule has 2 aromatic rings. The molecule has 1 fully saturated rings. The van der Waals surface area contributed by atoms with Gasteiger partial charge in [-0.3, -0.25) is 14.4 Å². The summed E-state index contributed by atoms with van der Waals surface area (Å²) in [5.41, 5.74) is 1.66. The standard InChI is InChI=1S/C27H30ClN5O5/c1-3-14-31-18-24(34)32(19-33(31)27(38)29-16-20-8-5-4-6-9-20)23(12-13-25(35)36)26(37)30(2)17-21-10-7-11-22(28)15-21/h1,4-11,15,23H,12-14,16-19H2,2H3,(H,29,38)(H,35,36). The second-order valence-corrected chi connectivity index (χ2v) is 9.28. The van der Waals surface area contributed by atoms with Crippen LogP contribution in [0, 0.1) is 12.3 Å². The van der Waals surface area contributed by atoms with Gasteiger partial charge in [0, 0.05) is 31.6 Å². The average Bonchev–Trinajstić information content (AvgIpc) is 2.88. The number of amides is 4. The third-order valence-corrected chi connectivity index (χ3v) is 6.27. The molecule has 200 valence electrons. The van der Waals surface area contributed by atoms with Gasteiger partial charge in [-0.1, -0.05) is 60.0 Å². The van der Waals surface area contributed by atoms with Gasteiger partial charge in [0.1, 0.15) is 12.7 Å². The maximum atomic E-state index is 13.5. The Kier molecular flexibility index (Phi) is 10.1. The summed E-state index contributed by atoms with van der Waals surface area (Å²) in [5, 5.41) is 15.3. The van der Waals surface area contributed by atoms with E-state index < -0.39 is 29.9 Å². The Morgan fingerprint density at radius 1 is 1.16 bits per heavy atom. The number of carbonyl (C=O) groups excluding carboxylic acids is 3. The summed E-state index contributed by atoms with van der Waals surface area (Å²) in [4.78, 5) is 53.9. The van der Waals surface area contributed by atoms with Gasteiger partial charge < -0.3 is 20.2 Å². The van der Waals surface area contributed by atoms with Crippen molar-refractivity contribution in [3.8, 4) is 12.3 Å². The van der Waals surface area contributed by atoms with Gasteiger partial charge in [0.15, 0.2) is 0 Å². The molecule has 1 heterocycles. The van der Waals surface area contributed by atoms with Crippen molar-refractivity contribution in [2.45, 2.75) is 32.0 Å². The van der Waals surface area contributed by atoms with Gasteiger partial charge in [-0.2, -0.15) is 5.01 Å². The number of nitrogens with one attached hydrogen (secondary N) is 1. The minimum atomic E-state index is -1.10. The van der Waals surface area contributed by atoms with Crippen LogP contribution < -0.4 is 5.32 Å². The Balaban J connectivity index is 1.81. The minimum Gasteiger partial charge on any atom is -0.481 e. The number of rotatable bonds is 10. The summed E-state index contributed by atoms with van der Waals surface area (Å²) in [6, 6.07) is 14.7. The predicted molar refractivity (Wildman–Crippen MR) is 141 cm³/mol. The fraction of sp³-hybridized carbons (Fsp3) is 0.333. The van der Waals surface area contributed by atoms with E-state index in [1.807, 2.05) is 36.4 Å². The van der Waals surface area contributed by atoms with E-state index in [4.69, 9.17) is 18.0 Å². The van der Waals surface area contributed by atoms with Gasteiger partial charge in [0.05, 0.1) is 13.1 Å². The van der Waals surface area contributed by atoms with Crippen molar-refractivity contribution in [2.75, 3.05) is 26.8 Å². The number of aliphatic carboxylic acids is 1. The SMILES string of the molecule is C#CCN1CC(=O)N(C(CCC(=O)O)C(=O)N(C)Cc2cccc(Cl)c2)CN1C(=O)NCc1ccccc1. The molecule has 0 aliphatic carbocycles. The summed E-state index contributed by atoms with van der Waals surface area (Å²) in [6.45, 7) is -0.0476. The second-order valence-electron chi connectivity index (χ2n) is 8.85. The maximum Gasteiger partial charge on any atom is 0.333 e.